The summed E-state index contributed by atoms with van der Waals surface area (Å²) in [4.78, 5) is 14.2. The van der Waals surface area contributed by atoms with E-state index < -0.39 is 0 Å². The molecule has 0 saturated heterocycles. The van der Waals surface area contributed by atoms with Crippen molar-refractivity contribution in [2.45, 2.75) is 44.3 Å². The van der Waals surface area contributed by atoms with Crippen LogP contribution in [0, 0.1) is 0 Å². The lowest BCUT2D eigenvalue weighted by molar-refractivity contribution is 0.0920. The number of rotatable bonds is 5. The van der Waals surface area contributed by atoms with Gasteiger partial charge in [0.15, 0.2) is 0 Å². The van der Waals surface area contributed by atoms with Gasteiger partial charge in [-0.1, -0.05) is 42.5 Å². The zero-order valence-corrected chi connectivity index (χ0v) is 15.7. The van der Waals surface area contributed by atoms with Crippen LogP contribution in [-0.2, 0) is 6.54 Å². The second-order valence-electron chi connectivity index (χ2n) is 7.18. The van der Waals surface area contributed by atoms with Crippen molar-refractivity contribution < 1.29 is 4.79 Å². The molecule has 0 unspecified atom stereocenters. The fourth-order valence-corrected chi connectivity index (χ4v) is 3.64. The van der Waals surface area contributed by atoms with Crippen molar-refractivity contribution in [1.82, 2.24) is 25.5 Å². The van der Waals surface area contributed by atoms with E-state index in [0.29, 0.717) is 17.9 Å². The lowest BCUT2D eigenvalue weighted by Crippen LogP contribution is -2.38. The van der Waals surface area contributed by atoms with Gasteiger partial charge in [0.25, 0.3) is 5.91 Å². The standard InChI is InChI=1S/C21H24N6O/c22-14-15-5-4-8-17(13-15)21(28)23-18-9-11-19(12-10-18)27-25-20(24-26-27)16-6-2-1-3-7-16/h1-8,13,18-19H,9-12,14,22H2,(H,23,28). The molecule has 1 heterocycles. The molecule has 0 radical (unpaired) electrons. The van der Waals surface area contributed by atoms with E-state index in [2.05, 4.69) is 20.7 Å². The summed E-state index contributed by atoms with van der Waals surface area (Å²) in [7, 11) is 0. The Bertz CT molecular complexity index is 931. The van der Waals surface area contributed by atoms with Crippen molar-refractivity contribution in [2.24, 2.45) is 5.73 Å². The Morgan fingerprint density at radius 1 is 1.07 bits per heavy atom. The van der Waals surface area contributed by atoms with E-state index in [9.17, 15) is 4.79 Å². The Morgan fingerprint density at radius 3 is 2.61 bits per heavy atom. The fourth-order valence-electron chi connectivity index (χ4n) is 3.64. The Kier molecular flexibility index (Phi) is 5.43. The van der Waals surface area contributed by atoms with E-state index in [-0.39, 0.29) is 18.0 Å². The first-order valence-corrected chi connectivity index (χ1v) is 9.68. The third kappa shape index (κ3) is 4.09. The van der Waals surface area contributed by atoms with Gasteiger partial charge in [0.2, 0.25) is 5.82 Å². The first kappa shape index (κ1) is 18.3. The van der Waals surface area contributed by atoms with Crippen LogP contribution in [0.3, 0.4) is 0 Å². The highest BCUT2D eigenvalue weighted by atomic mass is 16.1. The molecule has 0 atom stereocenters. The van der Waals surface area contributed by atoms with Gasteiger partial charge < -0.3 is 11.1 Å². The average molecular weight is 376 g/mol. The number of nitrogens with zero attached hydrogens (tertiary/aromatic N) is 4. The second kappa shape index (κ2) is 8.31. The van der Waals surface area contributed by atoms with E-state index in [1.807, 2.05) is 54.6 Å². The van der Waals surface area contributed by atoms with E-state index in [4.69, 9.17) is 5.73 Å². The summed E-state index contributed by atoms with van der Waals surface area (Å²) in [5.74, 6) is 0.611. The molecule has 144 valence electrons. The van der Waals surface area contributed by atoms with Crippen LogP contribution in [0.2, 0.25) is 0 Å². The topological polar surface area (TPSA) is 98.7 Å². The summed E-state index contributed by atoms with van der Waals surface area (Å²) in [6, 6.07) is 17.7. The van der Waals surface area contributed by atoms with Crippen LogP contribution >= 0.6 is 0 Å². The normalized spacial score (nSPS) is 19.3. The van der Waals surface area contributed by atoms with Crippen LogP contribution in [0.1, 0.15) is 47.6 Å². The summed E-state index contributed by atoms with van der Waals surface area (Å²) in [6.07, 6.45) is 3.63. The highest BCUT2D eigenvalue weighted by Gasteiger charge is 2.25. The summed E-state index contributed by atoms with van der Waals surface area (Å²) >= 11 is 0. The van der Waals surface area contributed by atoms with Gasteiger partial charge >= 0.3 is 0 Å². The van der Waals surface area contributed by atoms with E-state index in [0.717, 1.165) is 36.8 Å². The molecule has 1 amide bonds. The van der Waals surface area contributed by atoms with Crippen molar-refractivity contribution in [3.05, 3.63) is 65.7 Å². The number of benzene rings is 2. The molecule has 1 aliphatic carbocycles. The quantitative estimate of drug-likeness (QED) is 0.713. The first-order chi connectivity index (χ1) is 13.7. The Morgan fingerprint density at radius 2 is 1.86 bits per heavy atom. The number of hydrogen-bond acceptors (Lipinski definition) is 5. The molecule has 1 fully saturated rings. The molecule has 0 bridgehead atoms. The monoisotopic (exact) mass is 376 g/mol. The van der Waals surface area contributed by atoms with Crippen molar-refractivity contribution in [2.75, 3.05) is 0 Å². The van der Waals surface area contributed by atoms with Gasteiger partial charge in [0.1, 0.15) is 0 Å². The molecule has 1 aliphatic rings. The van der Waals surface area contributed by atoms with Gasteiger partial charge in [-0.3, -0.25) is 4.79 Å². The molecule has 28 heavy (non-hydrogen) atoms. The van der Waals surface area contributed by atoms with Crippen molar-refractivity contribution in [3.8, 4) is 11.4 Å². The summed E-state index contributed by atoms with van der Waals surface area (Å²) in [5, 5.41) is 16.1. The maximum absolute atomic E-state index is 12.5. The van der Waals surface area contributed by atoms with Crippen molar-refractivity contribution >= 4 is 5.91 Å². The molecular formula is C21H24N6O. The number of tetrazole rings is 1. The van der Waals surface area contributed by atoms with Gasteiger partial charge in [-0.15, -0.1) is 10.2 Å². The number of nitrogens with two attached hydrogens (primary N) is 1. The van der Waals surface area contributed by atoms with Crippen LogP contribution in [-0.4, -0.2) is 32.2 Å². The maximum atomic E-state index is 12.5. The molecule has 0 aliphatic heterocycles. The van der Waals surface area contributed by atoms with Gasteiger partial charge in [0, 0.05) is 23.7 Å². The van der Waals surface area contributed by atoms with Crippen LogP contribution in [0.5, 0.6) is 0 Å². The lowest BCUT2D eigenvalue weighted by Gasteiger charge is -2.28. The minimum atomic E-state index is -0.0380. The Balaban J connectivity index is 1.33. The van der Waals surface area contributed by atoms with Crippen LogP contribution < -0.4 is 11.1 Å². The third-order valence-corrected chi connectivity index (χ3v) is 5.24. The minimum Gasteiger partial charge on any atom is -0.349 e. The van der Waals surface area contributed by atoms with Crippen LogP contribution in [0.25, 0.3) is 11.4 Å². The van der Waals surface area contributed by atoms with Crippen LogP contribution in [0.15, 0.2) is 54.6 Å². The third-order valence-electron chi connectivity index (χ3n) is 5.24. The predicted octanol–water partition coefficient (Wildman–Crippen LogP) is 2.71. The molecule has 7 nitrogen and oxygen atoms in total. The number of aromatic nitrogens is 4. The Labute approximate surface area is 163 Å². The van der Waals surface area contributed by atoms with Crippen molar-refractivity contribution in [3.63, 3.8) is 0 Å². The SMILES string of the molecule is NCc1cccc(C(=O)NC2CCC(n3nnc(-c4ccccc4)n3)CC2)c1. The van der Waals surface area contributed by atoms with Gasteiger partial charge in [-0.25, -0.2) is 0 Å². The number of nitrogens with one attached hydrogen (secondary N) is 1. The van der Waals surface area contributed by atoms with Crippen LogP contribution in [0.4, 0.5) is 0 Å². The van der Waals surface area contributed by atoms with Gasteiger partial charge in [0.05, 0.1) is 6.04 Å². The zero-order valence-electron chi connectivity index (χ0n) is 15.7. The molecular weight excluding hydrogens is 352 g/mol. The van der Waals surface area contributed by atoms with E-state index in [1.165, 1.54) is 0 Å². The molecule has 1 aromatic heterocycles. The minimum absolute atomic E-state index is 0.0380. The highest BCUT2D eigenvalue weighted by molar-refractivity contribution is 5.94. The molecule has 2 aromatic carbocycles. The van der Waals surface area contributed by atoms with Crippen molar-refractivity contribution in [1.29, 1.82) is 0 Å². The van der Waals surface area contributed by atoms with Gasteiger partial charge in [-0.2, -0.15) is 4.80 Å². The second-order valence-corrected chi connectivity index (χ2v) is 7.18. The number of amides is 1. The van der Waals surface area contributed by atoms with Gasteiger partial charge in [-0.05, 0) is 48.6 Å². The average Bonchev–Trinajstić information content (AvgIpc) is 3.25. The molecule has 0 spiro atoms. The summed E-state index contributed by atoms with van der Waals surface area (Å²) in [5.41, 5.74) is 8.25. The first-order valence-electron chi connectivity index (χ1n) is 9.68. The highest BCUT2D eigenvalue weighted by Crippen LogP contribution is 2.28. The summed E-state index contributed by atoms with van der Waals surface area (Å²) < 4.78 is 0. The predicted molar refractivity (Wildman–Crippen MR) is 106 cm³/mol. The van der Waals surface area contributed by atoms with E-state index in [1.54, 1.807) is 4.80 Å². The molecule has 4 rings (SSSR count). The molecule has 3 N–H and O–H groups in total. The zero-order chi connectivity index (χ0) is 19.3. The Hall–Kier alpha value is -3.06. The maximum Gasteiger partial charge on any atom is 0.251 e. The number of carbonyl (C=O) groups is 1. The summed E-state index contributed by atoms with van der Waals surface area (Å²) in [6.45, 7) is 0.433. The molecule has 7 heteroatoms. The molecule has 3 aromatic rings. The molecule has 1 saturated carbocycles. The smallest absolute Gasteiger partial charge is 0.251 e. The fraction of sp³-hybridized carbons (Fsp3) is 0.333. The largest absolute Gasteiger partial charge is 0.349 e. The number of hydrogen-bond donors (Lipinski definition) is 2. The number of carbonyl (C=O) groups excluding carboxylic acids is 1. The lowest BCUT2D eigenvalue weighted by atomic mass is 9.91. The van der Waals surface area contributed by atoms with E-state index >= 15 is 0 Å².